The van der Waals surface area contributed by atoms with Crippen LogP contribution in [0.25, 0.3) is 0 Å². The Morgan fingerprint density at radius 3 is 1.67 bits per heavy atom. The van der Waals surface area contributed by atoms with Crippen LogP contribution in [0.15, 0.2) is 0 Å². The summed E-state index contributed by atoms with van der Waals surface area (Å²) in [6, 6.07) is 0. The number of rotatable bonds is 10. The first kappa shape index (κ1) is 22.8. The van der Waals surface area contributed by atoms with Gasteiger partial charge in [0, 0.05) is 5.33 Å². The number of phosphoric acid groups is 1. The van der Waals surface area contributed by atoms with Crippen molar-refractivity contribution in [2.45, 2.75) is 37.8 Å². The van der Waals surface area contributed by atoms with Crippen LogP contribution >= 0.6 is 70.2 Å². The highest BCUT2D eigenvalue weighted by Crippen LogP contribution is 2.57. The van der Waals surface area contributed by atoms with Crippen molar-refractivity contribution in [2.75, 3.05) is 23.7 Å². The number of alkyl halides is 5. The molecule has 128 valence electrons. The van der Waals surface area contributed by atoms with Crippen LogP contribution in [0.4, 0.5) is 0 Å². The van der Waals surface area contributed by atoms with Crippen LogP contribution in [0.1, 0.15) is 27.7 Å². The van der Waals surface area contributed by atoms with Crippen LogP contribution in [0.3, 0.4) is 0 Å². The Bertz CT molecular complexity index is 357. The molecule has 0 fully saturated rings. The van der Waals surface area contributed by atoms with Gasteiger partial charge in [0.05, 0.1) is 18.4 Å². The summed E-state index contributed by atoms with van der Waals surface area (Å²) in [6.45, 7) is 6.82. The molecule has 0 aliphatic heterocycles. The molecular formula is C11H20BrCl4O4P. The highest BCUT2D eigenvalue weighted by Gasteiger charge is 2.43. The summed E-state index contributed by atoms with van der Waals surface area (Å²) < 4.78 is 28.6. The molecule has 0 aliphatic rings. The summed E-state index contributed by atoms with van der Waals surface area (Å²) in [4.78, 5) is 0. The van der Waals surface area contributed by atoms with E-state index in [1.807, 2.05) is 13.8 Å². The number of phosphoric ester groups is 1. The molecule has 21 heavy (non-hydrogen) atoms. The van der Waals surface area contributed by atoms with Gasteiger partial charge in [0.25, 0.3) is 0 Å². The number of hydrogen-bond acceptors (Lipinski definition) is 4. The zero-order chi connectivity index (χ0) is 16.9. The maximum absolute atomic E-state index is 12.8. The summed E-state index contributed by atoms with van der Waals surface area (Å²) in [5.41, 5.74) is -0.296. The molecule has 0 aromatic heterocycles. The van der Waals surface area contributed by atoms with E-state index in [4.69, 9.17) is 60.0 Å². The van der Waals surface area contributed by atoms with Crippen LogP contribution in [0.2, 0.25) is 0 Å². The first-order valence-corrected chi connectivity index (χ1v) is 10.4. The minimum absolute atomic E-state index is 0.0973. The van der Waals surface area contributed by atoms with Gasteiger partial charge in [-0.15, -0.1) is 23.2 Å². The predicted octanol–water partition coefficient (Wildman–Crippen LogP) is 5.95. The fourth-order valence-corrected chi connectivity index (χ4v) is 3.52. The minimum atomic E-state index is -4.06. The van der Waals surface area contributed by atoms with Crippen LogP contribution in [-0.4, -0.2) is 33.8 Å². The lowest BCUT2D eigenvalue weighted by atomic mass is 9.99. The van der Waals surface area contributed by atoms with Crippen LogP contribution in [0.5, 0.6) is 0 Å². The lowest BCUT2D eigenvalue weighted by Gasteiger charge is -2.32. The van der Waals surface area contributed by atoms with Crippen molar-refractivity contribution in [1.82, 2.24) is 0 Å². The molecule has 4 nitrogen and oxygen atoms in total. The topological polar surface area (TPSA) is 44.8 Å². The number of halogens is 5. The fourth-order valence-electron chi connectivity index (χ4n) is 0.879. The highest BCUT2D eigenvalue weighted by molar-refractivity contribution is 9.09. The molecule has 2 unspecified atom stereocenters. The monoisotopic (exact) mass is 466 g/mol. The molecule has 0 rings (SSSR count). The van der Waals surface area contributed by atoms with Crippen LogP contribution < -0.4 is 0 Å². The average Bonchev–Trinajstić information content (AvgIpc) is 2.35. The van der Waals surface area contributed by atoms with Gasteiger partial charge in [-0.25, -0.2) is 4.57 Å². The summed E-state index contributed by atoms with van der Waals surface area (Å²) in [7, 11) is -4.06. The zero-order valence-electron chi connectivity index (χ0n) is 12.3. The highest BCUT2D eigenvalue weighted by atomic mass is 79.9. The molecule has 0 radical (unpaired) electrons. The Balaban J connectivity index is 5.14. The quantitative estimate of drug-likeness (QED) is 0.293. The van der Waals surface area contributed by atoms with Gasteiger partial charge in [0.2, 0.25) is 0 Å². The standard InChI is InChI=1S/C11H20BrCl4O4P/c1-9(2,5-12)8-18-21(17,19-10(3,15)6-13)20-11(4,16)7-14/h5-8H2,1-4H3. The smallest absolute Gasteiger partial charge is 0.286 e. The van der Waals surface area contributed by atoms with E-state index in [-0.39, 0.29) is 23.8 Å². The maximum Gasteiger partial charge on any atom is 0.478 e. The van der Waals surface area contributed by atoms with Gasteiger partial charge in [0.15, 0.2) is 10.1 Å². The second-order valence-corrected chi connectivity index (χ2v) is 9.88. The van der Waals surface area contributed by atoms with E-state index in [1.165, 1.54) is 13.8 Å². The average molecular weight is 469 g/mol. The van der Waals surface area contributed by atoms with Gasteiger partial charge in [-0.3, -0.25) is 13.6 Å². The normalized spacial score (nSPS) is 21.4. The molecule has 0 aromatic carbocycles. The van der Waals surface area contributed by atoms with E-state index >= 15 is 0 Å². The van der Waals surface area contributed by atoms with Crippen LogP contribution in [-0.2, 0) is 18.1 Å². The molecule has 10 heteroatoms. The van der Waals surface area contributed by atoms with E-state index in [1.54, 1.807) is 0 Å². The van der Waals surface area contributed by atoms with Gasteiger partial charge in [-0.2, -0.15) is 0 Å². The molecule has 0 saturated carbocycles. The molecule has 0 spiro atoms. The van der Waals surface area contributed by atoms with Crippen LogP contribution in [0, 0.1) is 5.41 Å². The SMILES string of the molecule is CC(C)(CBr)COP(=O)(OC(C)(Cl)CCl)OC(C)(Cl)CCl. The van der Waals surface area contributed by atoms with Gasteiger partial charge in [-0.05, 0) is 19.3 Å². The first-order chi connectivity index (χ1) is 9.30. The minimum Gasteiger partial charge on any atom is -0.286 e. The molecule has 0 N–H and O–H groups in total. The molecule has 0 saturated heterocycles. The molecule has 2 atom stereocenters. The maximum atomic E-state index is 12.8. The van der Waals surface area contributed by atoms with Crippen molar-refractivity contribution in [3.63, 3.8) is 0 Å². The molecule has 0 aliphatic carbocycles. The first-order valence-electron chi connectivity index (χ1n) is 6.02. The van der Waals surface area contributed by atoms with Crippen molar-refractivity contribution in [2.24, 2.45) is 5.41 Å². The van der Waals surface area contributed by atoms with Gasteiger partial charge >= 0.3 is 7.82 Å². The number of hydrogen-bond donors (Lipinski definition) is 0. The Labute approximate surface area is 154 Å². The van der Waals surface area contributed by atoms with E-state index in [0.717, 1.165) is 0 Å². The summed E-state index contributed by atoms with van der Waals surface area (Å²) in [5, 5.41) is -2.22. The zero-order valence-corrected chi connectivity index (χ0v) is 17.8. The third kappa shape index (κ3) is 9.59. The van der Waals surface area contributed by atoms with Crippen molar-refractivity contribution in [1.29, 1.82) is 0 Å². The van der Waals surface area contributed by atoms with Crippen molar-refractivity contribution in [3.05, 3.63) is 0 Å². The van der Waals surface area contributed by atoms with Crippen molar-refractivity contribution in [3.8, 4) is 0 Å². The molecule has 0 amide bonds. The van der Waals surface area contributed by atoms with E-state index < -0.39 is 17.9 Å². The van der Waals surface area contributed by atoms with E-state index in [2.05, 4.69) is 15.9 Å². The van der Waals surface area contributed by atoms with Gasteiger partial charge < -0.3 is 0 Å². The summed E-state index contributed by atoms with van der Waals surface area (Å²) >= 11 is 26.7. The second kappa shape index (κ2) is 8.73. The van der Waals surface area contributed by atoms with Gasteiger partial charge in [-0.1, -0.05) is 53.0 Å². The second-order valence-electron chi connectivity index (χ2n) is 5.67. The van der Waals surface area contributed by atoms with Gasteiger partial charge in [0.1, 0.15) is 0 Å². The molecular weight excluding hydrogens is 449 g/mol. The van der Waals surface area contributed by atoms with E-state index in [9.17, 15) is 4.57 Å². The van der Waals surface area contributed by atoms with Crippen molar-refractivity contribution < 1.29 is 18.1 Å². The lowest BCUT2D eigenvalue weighted by Crippen LogP contribution is -2.30. The Hall–Kier alpha value is 1.75. The fraction of sp³-hybridized carbons (Fsp3) is 1.00. The Kier molecular flexibility index (Phi) is 9.46. The van der Waals surface area contributed by atoms with Crippen molar-refractivity contribution >= 4 is 70.2 Å². The summed E-state index contributed by atoms with van der Waals surface area (Å²) in [6.07, 6.45) is 0. The summed E-state index contributed by atoms with van der Waals surface area (Å²) in [5.74, 6) is -0.236. The Morgan fingerprint density at radius 1 is 1.00 bits per heavy atom. The predicted molar refractivity (Wildman–Crippen MR) is 93.3 cm³/mol. The molecule has 0 bridgehead atoms. The van der Waals surface area contributed by atoms with E-state index in [0.29, 0.717) is 5.33 Å². The Morgan fingerprint density at radius 2 is 1.38 bits per heavy atom. The molecule has 0 aromatic rings. The largest absolute Gasteiger partial charge is 0.478 e. The lowest BCUT2D eigenvalue weighted by molar-refractivity contribution is 0.0344. The third-order valence-electron chi connectivity index (χ3n) is 2.06. The third-order valence-corrected chi connectivity index (χ3v) is 7.20. The molecule has 0 heterocycles.